The van der Waals surface area contributed by atoms with Gasteiger partial charge in [-0.05, 0) is 12.8 Å². The second-order valence-electron chi connectivity index (χ2n) is 3.98. The summed E-state index contributed by atoms with van der Waals surface area (Å²) in [5, 5.41) is 8.57. The van der Waals surface area contributed by atoms with E-state index in [0.717, 1.165) is 25.7 Å². The Balaban J connectivity index is 3.04. The van der Waals surface area contributed by atoms with E-state index in [0.29, 0.717) is 25.2 Å². The zero-order valence-corrected chi connectivity index (χ0v) is 9.71. The van der Waals surface area contributed by atoms with Crippen LogP contribution in [0.5, 0.6) is 0 Å². The van der Waals surface area contributed by atoms with E-state index in [2.05, 4.69) is 6.58 Å². The largest absolute Gasteiger partial charge is 0.396 e. The summed E-state index contributed by atoms with van der Waals surface area (Å²) in [6.45, 7) is 3.86. The second-order valence-corrected chi connectivity index (χ2v) is 3.98. The molecule has 88 valence electrons. The lowest BCUT2D eigenvalue weighted by Crippen LogP contribution is -1.94. The molecule has 2 heteroatoms. The molecule has 0 rings (SSSR count). The number of allylic oxidation sites excluding steroid dienone is 1. The number of unbranched alkanes of at least 4 members (excludes halogenated alkanes) is 6. The van der Waals surface area contributed by atoms with Crippen molar-refractivity contribution in [2.45, 2.75) is 57.8 Å². The average Bonchev–Trinajstić information content (AvgIpc) is 2.22. The summed E-state index contributed by atoms with van der Waals surface area (Å²) < 4.78 is 0. The Bertz CT molecular complexity index is 164. The maximum Gasteiger partial charge on any atom is 0.136 e. The minimum Gasteiger partial charge on any atom is -0.396 e. The minimum atomic E-state index is 0.310. The maximum absolute atomic E-state index is 11.1. The average molecular weight is 212 g/mol. The van der Waals surface area contributed by atoms with Crippen molar-refractivity contribution in [2.75, 3.05) is 6.61 Å². The van der Waals surface area contributed by atoms with Crippen LogP contribution in [0.3, 0.4) is 0 Å². The number of hydrogen-bond donors (Lipinski definition) is 1. The molecule has 0 bridgehead atoms. The number of ketones is 1. The highest BCUT2D eigenvalue weighted by atomic mass is 16.2. The summed E-state index contributed by atoms with van der Waals surface area (Å²) in [4.78, 5) is 11.1. The van der Waals surface area contributed by atoms with E-state index in [9.17, 15) is 4.79 Å². The van der Waals surface area contributed by atoms with E-state index in [1.807, 2.05) is 0 Å². The highest BCUT2D eigenvalue weighted by Crippen LogP contribution is 2.09. The molecule has 0 aliphatic carbocycles. The highest BCUT2D eigenvalue weighted by Gasteiger charge is 1.98. The molecule has 0 aliphatic rings. The predicted molar refractivity (Wildman–Crippen MR) is 63.8 cm³/mol. The van der Waals surface area contributed by atoms with Crippen LogP contribution in [0.1, 0.15) is 57.8 Å². The summed E-state index contributed by atoms with van der Waals surface area (Å²) in [6, 6.07) is 0. The van der Waals surface area contributed by atoms with Gasteiger partial charge in [0.15, 0.2) is 0 Å². The Morgan fingerprint density at radius 1 is 1.00 bits per heavy atom. The third kappa shape index (κ3) is 11.3. The summed E-state index contributed by atoms with van der Waals surface area (Å²) >= 11 is 0. The van der Waals surface area contributed by atoms with Gasteiger partial charge in [-0.3, -0.25) is 4.79 Å². The lowest BCUT2D eigenvalue weighted by molar-refractivity contribution is -0.118. The lowest BCUT2D eigenvalue weighted by Gasteiger charge is -2.00. The van der Waals surface area contributed by atoms with Crippen molar-refractivity contribution in [1.29, 1.82) is 0 Å². The Hall–Kier alpha value is -0.630. The van der Waals surface area contributed by atoms with Crippen LogP contribution >= 0.6 is 0 Å². The number of carbonyl (C=O) groups is 1. The summed E-state index contributed by atoms with van der Waals surface area (Å²) in [6.07, 6.45) is 10.8. The topological polar surface area (TPSA) is 37.3 Å². The first-order chi connectivity index (χ1) is 7.31. The molecule has 0 radical (unpaired) electrons. The molecule has 15 heavy (non-hydrogen) atoms. The molecular weight excluding hydrogens is 188 g/mol. The van der Waals surface area contributed by atoms with Crippen molar-refractivity contribution < 1.29 is 9.90 Å². The molecule has 0 aromatic rings. The van der Waals surface area contributed by atoms with Crippen molar-refractivity contribution in [3.63, 3.8) is 0 Å². The predicted octanol–water partition coefficient (Wildman–Crippen LogP) is 3.24. The Kier molecular flexibility index (Phi) is 11.0. The quantitative estimate of drug-likeness (QED) is 0.421. The molecule has 0 saturated carbocycles. The van der Waals surface area contributed by atoms with Crippen LogP contribution < -0.4 is 0 Å². The fraction of sp³-hybridized carbons (Fsp3) is 0.769. The van der Waals surface area contributed by atoms with Crippen molar-refractivity contribution >= 4 is 5.78 Å². The van der Waals surface area contributed by atoms with Crippen molar-refractivity contribution in [2.24, 2.45) is 0 Å². The number of aliphatic hydroxyl groups excluding tert-OH is 1. The van der Waals surface area contributed by atoms with Crippen LogP contribution in [0.4, 0.5) is 0 Å². The molecule has 0 heterocycles. The van der Waals surface area contributed by atoms with E-state index < -0.39 is 0 Å². The van der Waals surface area contributed by atoms with Gasteiger partial charge >= 0.3 is 0 Å². The molecule has 0 spiro atoms. The van der Waals surface area contributed by atoms with Crippen molar-refractivity contribution in [3.05, 3.63) is 12.7 Å². The number of rotatable bonds is 11. The third-order valence-electron chi connectivity index (χ3n) is 2.49. The fourth-order valence-corrected chi connectivity index (χ4v) is 1.58. The van der Waals surface area contributed by atoms with Gasteiger partial charge < -0.3 is 5.11 Å². The normalized spacial score (nSPS) is 10.2. The molecule has 2 nitrogen and oxygen atoms in total. The summed E-state index contributed by atoms with van der Waals surface area (Å²) in [5.41, 5.74) is 0. The molecule has 0 amide bonds. The summed E-state index contributed by atoms with van der Waals surface area (Å²) in [5.74, 6) is 0.310. The van der Waals surface area contributed by atoms with Gasteiger partial charge in [0.05, 0.1) is 0 Å². The zero-order chi connectivity index (χ0) is 11.4. The molecular formula is C13H24O2. The first-order valence-corrected chi connectivity index (χ1v) is 6.04. The smallest absolute Gasteiger partial charge is 0.136 e. The van der Waals surface area contributed by atoms with Gasteiger partial charge in [-0.25, -0.2) is 0 Å². The van der Waals surface area contributed by atoms with E-state index in [1.165, 1.54) is 19.3 Å². The van der Waals surface area contributed by atoms with E-state index in [-0.39, 0.29) is 0 Å². The number of hydrogen-bond acceptors (Lipinski definition) is 2. The van der Waals surface area contributed by atoms with Crippen LogP contribution in [-0.2, 0) is 4.79 Å². The van der Waals surface area contributed by atoms with Gasteiger partial charge in [-0.15, -0.1) is 6.58 Å². The molecule has 0 unspecified atom stereocenters. The van der Waals surface area contributed by atoms with Gasteiger partial charge in [0, 0.05) is 19.4 Å². The van der Waals surface area contributed by atoms with Crippen LogP contribution in [0.2, 0.25) is 0 Å². The molecule has 0 aromatic carbocycles. The molecule has 0 fully saturated rings. The van der Waals surface area contributed by atoms with Crippen molar-refractivity contribution in [1.82, 2.24) is 0 Å². The Labute approximate surface area is 93.4 Å². The van der Waals surface area contributed by atoms with Crippen LogP contribution in [0.15, 0.2) is 12.7 Å². The zero-order valence-electron chi connectivity index (χ0n) is 9.71. The first kappa shape index (κ1) is 14.4. The maximum atomic E-state index is 11.1. The lowest BCUT2D eigenvalue weighted by atomic mass is 10.1. The van der Waals surface area contributed by atoms with Gasteiger partial charge in [0.25, 0.3) is 0 Å². The highest BCUT2D eigenvalue weighted by molar-refractivity contribution is 5.79. The second kappa shape index (κ2) is 11.4. The Morgan fingerprint density at radius 2 is 1.53 bits per heavy atom. The van der Waals surface area contributed by atoms with Gasteiger partial charge in [0.2, 0.25) is 0 Å². The first-order valence-electron chi connectivity index (χ1n) is 6.04. The molecule has 0 aliphatic heterocycles. The van der Waals surface area contributed by atoms with Crippen molar-refractivity contribution in [3.8, 4) is 0 Å². The number of aliphatic hydroxyl groups is 1. The van der Waals surface area contributed by atoms with Gasteiger partial charge in [0.1, 0.15) is 5.78 Å². The number of Topliss-reactive ketones (excluding diaryl/α,β-unsaturated/α-hetero) is 1. The van der Waals surface area contributed by atoms with E-state index >= 15 is 0 Å². The molecule has 0 aromatic heterocycles. The number of carbonyl (C=O) groups excluding carboxylic acids is 1. The molecule has 0 saturated heterocycles. The van der Waals surface area contributed by atoms with Gasteiger partial charge in [-0.2, -0.15) is 0 Å². The van der Waals surface area contributed by atoms with Crippen LogP contribution in [-0.4, -0.2) is 17.5 Å². The summed E-state index contributed by atoms with van der Waals surface area (Å²) in [7, 11) is 0. The minimum absolute atomic E-state index is 0.310. The Morgan fingerprint density at radius 3 is 2.07 bits per heavy atom. The van der Waals surface area contributed by atoms with Gasteiger partial charge in [-0.1, -0.05) is 38.2 Å². The molecule has 1 N–H and O–H groups in total. The third-order valence-corrected chi connectivity index (χ3v) is 2.49. The van der Waals surface area contributed by atoms with E-state index in [1.54, 1.807) is 6.08 Å². The van der Waals surface area contributed by atoms with Crippen LogP contribution in [0.25, 0.3) is 0 Å². The SMILES string of the molecule is C=CCC(=O)CCCCCCCCCO. The standard InChI is InChI=1S/C13H24O2/c1-2-10-13(15)11-8-6-4-3-5-7-9-12-14/h2,14H,1,3-12H2. The van der Waals surface area contributed by atoms with Crippen LogP contribution in [0, 0.1) is 0 Å². The monoisotopic (exact) mass is 212 g/mol. The molecule has 0 atom stereocenters. The fourth-order valence-electron chi connectivity index (χ4n) is 1.58. The van der Waals surface area contributed by atoms with E-state index in [4.69, 9.17) is 5.11 Å².